The highest BCUT2D eigenvalue weighted by atomic mass is 32.1. The zero-order chi connectivity index (χ0) is 15.7. The van der Waals surface area contributed by atoms with E-state index in [1.807, 2.05) is 29.3 Å². The maximum absolute atomic E-state index is 12.8. The van der Waals surface area contributed by atoms with E-state index in [1.165, 1.54) is 0 Å². The summed E-state index contributed by atoms with van der Waals surface area (Å²) in [5.41, 5.74) is 3.57. The number of aryl methyl sites for hydroxylation is 1. The van der Waals surface area contributed by atoms with Gasteiger partial charge in [0.2, 0.25) is 0 Å². The van der Waals surface area contributed by atoms with Gasteiger partial charge in [-0.05, 0) is 44.5 Å². The van der Waals surface area contributed by atoms with Crippen LogP contribution in [0.5, 0.6) is 0 Å². The number of hydrogen-bond acceptors (Lipinski definition) is 4. The number of pyridine rings is 1. The fourth-order valence-electron chi connectivity index (χ4n) is 2.95. The lowest BCUT2D eigenvalue weighted by Crippen LogP contribution is -2.52. The summed E-state index contributed by atoms with van der Waals surface area (Å²) in [5, 5.41) is 4.11. The molecule has 1 amide bonds. The fraction of sp³-hybridized carbons (Fsp3) is 0.412. The van der Waals surface area contributed by atoms with Gasteiger partial charge in [0, 0.05) is 36.6 Å². The third-order valence-corrected chi connectivity index (χ3v) is 4.91. The zero-order valence-electron chi connectivity index (χ0n) is 13.2. The largest absolute Gasteiger partial charge is 0.333 e. The summed E-state index contributed by atoms with van der Waals surface area (Å²) in [6, 6.07) is 6.16. The van der Waals surface area contributed by atoms with Crippen LogP contribution < -0.4 is 0 Å². The molecule has 0 aromatic carbocycles. The number of likely N-dealkylation sites (N-methyl/N-ethyl adjacent to an activating group) is 1. The van der Waals surface area contributed by atoms with E-state index in [0.29, 0.717) is 0 Å². The van der Waals surface area contributed by atoms with Gasteiger partial charge in [-0.1, -0.05) is 0 Å². The molecule has 5 heteroatoms. The first-order chi connectivity index (χ1) is 10.6. The summed E-state index contributed by atoms with van der Waals surface area (Å²) in [6.07, 6.45) is 0. The molecule has 1 aliphatic heterocycles. The van der Waals surface area contributed by atoms with Crippen molar-refractivity contribution in [1.29, 1.82) is 0 Å². The van der Waals surface area contributed by atoms with Crippen LogP contribution in [-0.4, -0.2) is 53.4 Å². The van der Waals surface area contributed by atoms with Crippen LogP contribution in [0.15, 0.2) is 29.0 Å². The predicted molar refractivity (Wildman–Crippen MR) is 90.3 cm³/mol. The summed E-state index contributed by atoms with van der Waals surface area (Å²) >= 11 is 1.65. The highest BCUT2D eigenvalue weighted by Crippen LogP contribution is 2.22. The quantitative estimate of drug-likeness (QED) is 0.855. The molecule has 0 saturated carbocycles. The normalized spacial score (nSPS) is 19.4. The summed E-state index contributed by atoms with van der Waals surface area (Å²) in [6.45, 7) is 6.66. The van der Waals surface area contributed by atoms with Gasteiger partial charge in [-0.3, -0.25) is 9.78 Å². The molecule has 0 spiro atoms. The summed E-state index contributed by atoms with van der Waals surface area (Å²) in [4.78, 5) is 21.7. The number of thiophene rings is 1. The Morgan fingerprint density at radius 1 is 1.32 bits per heavy atom. The molecule has 116 valence electrons. The fourth-order valence-corrected chi connectivity index (χ4v) is 3.60. The minimum absolute atomic E-state index is 0.0995. The Kier molecular flexibility index (Phi) is 4.27. The maximum Gasteiger partial charge on any atom is 0.256 e. The Morgan fingerprint density at radius 3 is 2.77 bits per heavy atom. The molecular weight excluding hydrogens is 294 g/mol. The molecule has 22 heavy (non-hydrogen) atoms. The van der Waals surface area contributed by atoms with E-state index in [4.69, 9.17) is 0 Å². The van der Waals surface area contributed by atoms with Crippen molar-refractivity contribution in [3.05, 3.63) is 40.2 Å². The molecule has 2 aromatic rings. The zero-order valence-corrected chi connectivity index (χ0v) is 14.1. The van der Waals surface area contributed by atoms with Gasteiger partial charge >= 0.3 is 0 Å². The molecule has 1 fully saturated rings. The van der Waals surface area contributed by atoms with Gasteiger partial charge < -0.3 is 9.80 Å². The predicted octanol–water partition coefficient (Wildman–Crippen LogP) is 2.89. The molecule has 2 aromatic heterocycles. The number of rotatable bonds is 2. The molecule has 0 bridgehead atoms. The molecule has 1 atom stereocenters. The van der Waals surface area contributed by atoms with Crippen molar-refractivity contribution in [3.8, 4) is 11.3 Å². The number of carbonyl (C=O) groups excluding carboxylic acids is 1. The lowest BCUT2D eigenvalue weighted by Gasteiger charge is -2.38. The van der Waals surface area contributed by atoms with E-state index in [1.54, 1.807) is 11.3 Å². The van der Waals surface area contributed by atoms with E-state index < -0.39 is 0 Å². The molecule has 3 heterocycles. The standard InChI is InChI=1S/C17H21N3OS/c1-12-10-19(3)7-8-20(12)17(21)15-4-5-16(18-13(15)2)14-6-9-22-11-14/h4-6,9,11-12H,7-8,10H2,1-3H3. The van der Waals surface area contributed by atoms with E-state index >= 15 is 0 Å². The molecule has 1 saturated heterocycles. The topological polar surface area (TPSA) is 36.4 Å². The maximum atomic E-state index is 12.8. The second-order valence-corrected chi connectivity index (χ2v) is 6.73. The van der Waals surface area contributed by atoms with Gasteiger partial charge in [0.15, 0.2) is 0 Å². The molecule has 0 N–H and O–H groups in total. The van der Waals surface area contributed by atoms with Crippen molar-refractivity contribution in [2.24, 2.45) is 0 Å². The highest BCUT2D eigenvalue weighted by molar-refractivity contribution is 7.08. The Morgan fingerprint density at radius 2 is 2.14 bits per heavy atom. The van der Waals surface area contributed by atoms with Crippen LogP contribution in [0.3, 0.4) is 0 Å². The first kappa shape index (κ1) is 15.2. The van der Waals surface area contributed by atoms with Crippen LogP contribution in [0.25, 0.3) is 11.3 Å². The minimum atomic E-state index is 0.0995. The van der Waals surface area contributed by atoms with Crippen molar-refractivity contribution in [1.82, 2.24) is 14.8 Å². The first-order valence-electron chi connectivity index (χ1n) is 7.56. The summed E-state index contributed by atoms with van der Waals surface area (Å²) in [7, 11) is 2.10. The van der Waals surface area contributed by atoms with Crippen molar-refractivity contribution in [3.63, 3.8) is 0 Å². The molecule has 3 rings (SSSR count). The molecule has 4 nitrogen and oxygen atoms in total. The van der Waals surface area contributed by atoms with Crippen molar-refractivity contribution in [2.45, 2.75) is 19.9 Å². The minimum Gasteiger partial charge on any atom is -0.333 e. The lowest BCUT2D eigenvalue weighted by molar-refractivity contribution is 0.0532. The van der Waals surface area contributed by atoms with Gasteiger partial charge in [0.25, 0.3) is 5.91 Å². The smallest absolute Gasteiger partial charge is 0.256 e. The van der Waals surface area contributed by atoms with Crippen LogP contribution in [0.1, 0.15) is 23.0 Å². The molecule has 1 aliphatic rings. The van der Waals surface area contributed by atoms with Gasteiger partial charge in [-0.25, -0.2) is 0 Å². The third-order valence-electron chi connectivity index (χ3n) is 4.22. The van der Waals surface area contributed by atoms with E-state index in [2.05, 4.69) is 35.3 Å². The number of piperazine rings is 1. The SMILES string of the molecule is Cc1nc(-c2ccsc2)ccc1C(=O)N1CCN(C)CC1C. The van der Waals surface area contributed by atoms with Crippen molar-refractivity contribution < 1.29 is 4.79 Å². The van der Waals surface area contributed by atoms with Gasteiger partial charge in [-0.2, -0.15) is 11.3 Å². The Bertz CT molecular complexity index is 669. The second kappa shape index (κ2) is 6.18. The number of nitrogens with zero attached hydrogens (tertiary/aromatic N) is 3. The van der Waals surface area contributed by atoms with Crippen LogP contribution in [0.2, 0.25) is 0 Å². The second-order valence-electron chi connectivity index (χ2n) is 5.95. The van der Waals surface area contributed by atoms with E-state index in [0.717, 1.165) is 42.1 Å². The van der Waals surface area contributed by atoms with Crippen LogP contribution >= 0.6 is 11.3 Å². The van der Waals surface area contributed by atoms with Crippen LogP contribution in [0.4, 0.5) is 0 Å². The Hall–Kier alpha value is -1.72. The van der Waals surface area contributed by atoms with Crippen molar-refractivity contribution in [2.75, 3.05) is 26.7 Å². The van der Waals surface area contributed by atoms with Crippen LogP contribution in [0, 0.1) is 6.92 Å². The molecule has 0 aliphatic carbocycles. The van der Waals surface area contributed by atoms with Gasteiger partial charge in [0.1, 0.15) is 0 Å². The van der Waals surface area contributed by atoms with Crippen LogP contribution in [-0.2, 0) is 0 Å². The molecule has 1 unspecified atom stereocenters. The van der Waals surface area contributed by atoms with Gasteiger partial charge in [-0.15, -0.1) is 0 Å². The van der Waals surface area contributed by atoms with Crippen molar-refractivity contribution >= 4 is 17.2 Å². The van der Waals surface area contributed by atoms with E-state index in [9.17, 15) is 4.79 Å². The number of carbonyl (C=O) groups is 1. The number of hydrogen-bond donors (Lipinski definition) is 0. The average molecular weight is 315 g/mol. The number of amides is 1. The molecular formula is C17H21N3OS. The third kappa shape index (κ3) is 2.91. The lowest BCUT2D eigenvalue weighted by atomic mass is 10.1. The summed E-state index contributed by atoms with van der Waals surface area (Å²) < 4.78 is 0. The monoisotopic (exact) mass is 315 g/mol. The molecule has 0 radical (unpaired) electrons. The Labute approximate surface area is 135 Å². The first-order valence-corrected chi connectivity index (χ1v) is 8.50. The Balaban J connectivity index is 1.84. The summed E-state index contributed by atoms with van der Waals surface area (Å²) in [5.74, 6) is 0.0995. The van der Waals surface area contributed by atoms with E-state index in [-0.39, 0.29) is 11.9 Å². The average Bonchev–Trinajstić information content (AvgIpc) is 3.00. The van der Waals surface area contributed by atoms with Gasteiger partial charge in [0.05, 0.1) is 17.0 Å². The highest BCUT2D eigenvalue weighted by Gasteiger charge is 2.27. The number of aromatic nitrogens is 1.